The average molecular weight is 447 g/mol. The summed E-state index contributed by atoms with van der Waals surface area (Å²) in [6.07, 6.45) is 1.50. The number of methoxy groups -OCH3 is 1. The third-order valence-electron chi connectivity index (χ3n) is 4.32. The van der Waals surface area contributed by atoms with E-state index in [1.165, 1.54) is 44.6 Å². The van der Waals surface area contributed by atoms with Crippen LogP contribution in [-0.4, -0.2) is 33.5 Å². The zero-order valence-corrected chi connectivity index (χ0v) is 17.9. The summed E-state index contributed by atoms with van der Waals surface area (Å²) in [6.45, 7) is -0.00820. The zero-order valence-electron chi connectivity index (χ0n) is 16.3. The van der Waals surface area contributed by atoms with Gasteiger partial charge in [0, 0.05) is 18.8 Å². The molecule has 0 aliphatic carbocycles. The molecule has 0 spiro atoms. The van der Waals surface area contributed by atoms with Gasteiger partial charge in [-0.05, 0) is 48.5 Å². The lowest BCUT2D eigenvalue weighted by Gasteiger charge is -2.20. The van der Waals surface area contributed by atoms with Gasteiger partial charge < -0.3 is 9.47 Å². The molecule has 3 aromatic rings. The van der Waals surface area contributed by atoms with Gasteiger partial charge in [0.05, 0.1) is 23.3 Å². The molecule has 0 saturated carbocycles. The molecule has 0 saturated heterocycles. The van der Waals surface area contributed by atoms with Crippen molar-refractivity contribution in [1.29, 1.82) is 0 Å². The van der Waals surface area contributed by atoms with E-state index in [1.807, 2.05) is 0 Å². The first-order valence-electron chi connectivity index (χ1n) is 8.82. The molecular formula is C21H19ClN2O5S. The molecule has 156 valence electrons. The van der Waals surface area contributed by atoms with Crippen LogP contribution in [0.15, 0.2) is 71.8 Å². The van der Waals surface area contributed by atoms with Crippen molar-refractivity contribution in [1.82, 2.24) is 4.98 Å². The largest absolute Gasteiger partial charge is 0.497 e. The van der Waals surface area contributed by atoms with Crippen molar-refractivity contribution in [3.63, 3.8) is 0 Å². The number of ether oxygens (including phenoxy) is 2. The minimum atomic E-state index is -3.88. The van der Waals surface area contributed by atoms with E-state index in [4.69, 9.17) is 21.1 Å². The van der Waals surface area contributed by atoms with Crippen LogP contribution >= 0.6 is 11.6 Å². The second-order valence-electron chi connectivity index (χ2n) is 6.26. The number of hydrogen-bond donors (Lipinski definition) is 0. The zero-order chi connectivity index (χ0) is 21.7. The van der Waals surface area contributed by atoms with E-state index in [0.29, 0.717) is 22.2 Å². The number of pyridine rings is 1. The second-order valence-corrected chi connectivity index (χ2v) is 8.62. The van der Waals surface area contributed by atoms with Gasteiger partial charge in [0.1, 0.15) is 17.5 Å². The fourth-order valence-electron chi connectivity index (χ4n) is 2.60. The number of esters is 1. The molecule has 0 aliphatic heterocycles. The highest BCUT2D eigenvalue weighted by Gasteiger charge is 2.23. The molecule has 3 rings (SSSR count). The van der Waals surface area contributed by atoms with Crippen LogP contribution in [-0.2, 0) is 21.4 Å². The van der Waals surface area contributed by atoms with Gasteiger partial charge in [0.25, 0.3) is 10.0 Å². The lowest BCUT2D eigenvalue weighted by Crippen LogP contribution is -2.26. The summed E-state index contributed by atoms with van der Waals surface area (Å²) in [7, 11) is -0.908. The maximum atomic E-state index is 13.0. The van der Waals surface area contributed by atoms with Gasteiger partial charge in [-0.3, -0.25) is 4.31 Å². The molecule has 1 heterocycles. The second kappa shape index (κ2) is 9.15. The van der Waals surface area contributed by atoms with Crippen molar-refractivity contribution < 1.29 is 22.7 Å². The van der Waals surface area contributed by atoms with Gasteiger partial charge in [-0.1, -0.05) is 23.7 Å². The molecule has 1 aromatic heterocycles. The van der Waals surface area contributed by atoms with Crippen molar-refractivity contribution in [3.8, 4) is 5.75 Å². The monoisotopic (exact) mass is 446 g/mol. The molecule has 0 bridgehead atoms. The summed E-state index contributed by atoms with van der Waals surface area (Å²) in [4.78, 5) is 16.3. The van der Waals surface area contributed by atoms with Gasteiger partial charge >= 0.3 is 5.97 Å². The maximum absolute atomic E-state index is 13.0. The third kappa shape index (κ3) is 4.90. The SMILES string of the molecule is COc1ccc(N(C)S(=O)(=O)c2cccc(C(=O)OCc3ccc(Cl)nc3)c2)cc1. The lowest BCUT2D eigenvalue weighted by atomic mass is 10.2. The van der Waals surface area contributed by atoms with Gasteiger partial charge in [-0.25, -0.2) is 18.2 Å². The third-order valence-corrected chi connectivity index (χ3v) is 6.33. The number of nitrogens with zero attached hydrogens (tertiary/aromatic N) is 2. The summed E-state index contributed by atoms with van der Waals surface area (Å²) in [6, 6.07) is 15.6. The van der Waals surface area contributed by atoms with E-state index in [-0.39, 0.29) is 17.1 Å². The van der Waals surface area contributed by atoms with Crippen molar-refractivity contribution in [2.45, 2.75) is 11.5 Å². The number of sulfonamides is 1. The topological polar surface area (TPSA) is 85.8 Å². The smallest absolute Gasteiger partial charge is 0.338 e. The minimum absolute atomic E-state index is 0.00820. The summed E-state index contributed by atoms with van der Waals surface area (Å²) in [5.41, 5.74) is 1.25. The van der Waals surface area contributed by atoms with E-state index >= 15 is 0 Å². The first-order valence-corrected chi connectivity index (χ1v) is 10.6. The maximum Gasteiger partial charge on any atom is 0.338 e. The highest BCUT2D eigenvalue weighted by Crippen LogP contribution is 2.25. The molecule has 0 N–H and O–H groups in total. The number of hydrogen-bond acceptors (Lipinski definition) is 6. The number of aromatic nitrogens is 1. The number of carbonyl (C=O) groups excluding carboxylic acids is 1. The Balaban J connectivity index is 1.77. The predicted molar refractivity (Wildman–Crippen MR) is 113 cm³/mol. The number of benzene rings is 2. The molecule has 9 heteroatoms. The summed E-state index contributed by atoms with van der Waals surface area (Å²) in [5.74, 6) is -0.0284. The Hall–Kier alpha value is -3.10. The van der Waals surface area contributed by atoms with Crippen LogP contribution in [0.1, 0.15) is 15.9 Å². The van der Waals surface area contributed by atoms with Gasteiger partial charge in [0.15, 0.2) is 0 Å². The quantitative estimate of drug-likeness (QED) is 0.404. The summed E-state index contributed by atoms with van der Waals surface area (Å²) < 4.78 is 37.5. The van der Waals surface area contributed by atoms with E-state index in [1.54, 1.807) is 36.4 Å². The van der Waals surface area contributed by atoms with Crippen LogP contribution in [0.3, 0.4) is 0 Å². The molecule has 0 aliphatic rings. The molecule has 7 nitrogen and oxygen atoms in total. The van der Waals surface area contributed by atoms with Crippen LogP contribution in [0, 0.1) is 0 Å². The fourth-order valence-corrected chi connectivity index (χ4v) is 3.95. The number of rotatable bonds is 7. The summed E-state index contributed by atoms with van der Waals surface area (Å²) >= 11 is 5.73. The molecule has 0 amide bonds. The predicted octanol–water partition coefficient (Wildman–Crippen LogP) is 3.93. The van der Waals surface area contributed by atoms with Crippen LogP contribution in [0.25, 0.3) is 0 Å². The van der Waals surface area contributed by atoms with E-state index < -0.39 is 16.0 Å². The Kier molecular flexibility index (Phi) is 6.59. The molecule has 0 fully saturated rings. The molecule has 30 heavy (non-hydrogen) atoms. The molecule has 0 atom stereocenters. The van der Waals surface area contributed by atoms with E-state index in [9.17, 15) is 13.2 Å². The van der Waals surface area contributed by atoms with Gasteiger partial charge in [-0.15, -0.1) is 0 Å². The Morgan fingerprint density at radius 2 is 1.83 bits per heavy atom. The molecular weight excluding hydrogens is 428 g/mol. The number of halogens is 1. The Morgan fingerprint density at radius 1 is 1.10 bits per heavy atom. The first kappa shape index (κ1) is 21.6. The first-order chi connectivity index (χ1) is 14.3. The standard InChI is InChI=1S/C21H19ClN2O5S/c1-24(17-7-9-18(28-2)10-8-17)30(26,27)19-5-3-4-16(12-19)21(25)29-14-15-6-11-20(22)23-13-15/h3-13H,14H2,1-2H3. The van der Waals surface area contributed by atoms with Crippen molar-refractivity contribution in [3.05, 3.63) is 83.1 Å². The lowest BCUT2D eigenvalue weighted by molar-refractivity contribution is 0.0472. The number of carbonyl (C=O) groups is 1. The highest BCUT2D eigenvalue weighted by molar-refractivity contribution is 7.92. The van der Waals surface area contributed by atoms with Crippen molar-refractivity contribution in [2.75, 3.05) is 18.5 Å². The Labute approximate surface area is 179 Å². The fraction of sp³-hybridized carbons (Fsp3) is 0.143. The molecule has 2 aromatic carbocycles. The van der Waals surface area contributed by atoms with Crippen LogP contribution in [0.4, 0.5) is 5.69 Å². The van der Waals surface area contributed by atoms with E-state index in [0.717, 1.165) is 4.31 Å². The number of anilines is 1. The Morgan fingerprint density at radius 3 is 2.47 bits per heavy atom. The van der Waals surface area contributed by atoms with Crippen LogP contribution in [0.5, 0.6) is 5.75 Å². The summed E-state index contributed by atoms with van der Waals surface area (Å²) in [5, 5.41) is 0.337. The molecule has 0 unspecified atom stereocenters. The van der Waals surface area contributed by atoms with Gasteiger partial charge in [-0.2, -0.15) is 0 Å². The van der Waals surface area contributed by atoms with Gasteiger partial charge in [0.2, 0.25) is 0 Å². The highest BCUT2D eigenvalue weighted by atomic mass is 35.5. The van der Waals surface area contributed by atoms with E-state index in [2.05, 4.69) is 4.98 Å². The van der Waals surface area contributed by atoms with Crippen LogP contribution in [0.2, 0.25) is 5.15 Å². The van der Waals surface area contributed by atoms with Crippen LogP contribution < -0.4 is 9.04 Å². The molecule has 0 radical (unpaired) electrons. The normalized spacial score (nSPS) is 11.0. The van der Waals surface area contributed by atoms with Crippen molar-refractivity contribution in [2.24, 2.45) is 0 Å². The van der Waals surface area contributed by atoms with Crippen molar-refractivity contribution >= 4 is 33.3 Å². The Bertz CT molecular complexity index is 1130. The average Bonchev–Trinajstić information content (AvgIpc) is 2.78. The minimum Gasteiger partial charge on any atom is -0.497 e.